The van der Waals surface area contributed by atoms with Crippen LogP contribution in [0.5, 0.6) is 5.75 Å². The van der Waals surface area contributed by atoms with Crippen molar-refractivity contribution in [1.29, 1.82) is 0 Å². The molecular formula is C26H32N4O4S. The molecule has 35 heavy (non-hydrogen) atoms. The second-order valence-electron chi connectivity index (χ2n) is 10.1. The van der Waals surface area contributed by atoms with Crippen LogP contribution in [0.4, 0.5) is 5.82 Å². The predicted octanol–water partition coefficient (Wildman–Crippen LogP) is 5.49. The minimum atomic E-state index is -0.307. The van der Waals surface area contributed by atoms with Gasteiger partial charge in [-0.25, -0.2) is 4.98 Å². The number of hydrogen-bond acceptors (Lipinski definition) is 7. The van der Waals surface area contributed by atoms with Crippen molar-refractivity contribution in [1.82, 2.24) is 15.0 Å². The number of piperidine rings is 1. The molecule has 0 saturated carbocycles. The van der Waals surface area contributed by atoms with Crippen LogP contribution >= 0.6 is 11.3 Å². The summed E-state index contributed by atoms with van der Waals surface area (Å²) < 4.78 is 11.0. The van der Waals surface area contributed by atoms with Gasteiger partial charge in [-0.2, -0.15) is 0 Å². The summed E-state index contributed by atoms with van der Waals surface area (Å²) in [4.78, 5) is 32.0. The Balaban J connectivity index is 1.31. The molecule has 186 valence electrons. The Hall–Kier alpha value is -3.20. The van der Waals surface area contributed by atoms with Gasteiger partial charge in [-0.15, -0.1) is 11.3 Å². The smallest absolute Gasteiger partial charge is 0.276 e. The Kier molecular flexibility index (Phi) is 7.25. The molecule has 1 aliphatic heterocycles. The summed E-state index contributed by atoms with van der Waals surface area (Å²) in [7, 11) is 0. The van der Waals surface area contributed by atoms with Crippen molar-refractivity contribution in [3.05, 3.63) is 57.7 Å². The van der Waals surface area contributed by atoms with Gasteiger partial charge in [0.2, 0.25) is 0 Å². The quantitative estimate of drug-likeness (QED) is 0.485. The molecule has 0 unspecified atom stereocenters. The number of anilines is 1. The van der Waals surface area contributed by atoms with E-state index in [1.54, 1.807) is 11.4 Å². The largest absolute Gasteiger partial charge is 0.491 e. The Morgan fingerprint density at radius 1 is 1.17 bits per heavy atom. The van der Waals surface area contributed by atoms with E-state index in [0.29, 0.717) is 35.9 Å². The fourth-order valence-electron chi connectivity index (χ4n) is 3.91. The number of thiazole rings is 1. The second-order valence-corrected chi connectivity index (χ2v) is 11.0. The first-order chi connectivity index (χ1) is 16.6. The van der Waals surface area contributed by atoms with E-state index in [1.807, 2.05) is 63.8 Å². The van der Waals surface area contributed by atoms with E-state index in [-0.39, 0.29) is 29.3 Å². The normalized spacial score (nSPS) is 14.9. The van der Waals surface area contributed by atoms with Crippen molar-refractivity contribution in [2.75, 3.05) is 18.4 Å². The number of likely N-dealkylation sites (tertiary alicyclic amines) is 1. The maximum atomic E-state index is 12.9. The molecule has 1 saturated heterocycles. The molecule has 4 rings (SSSR count). The SMILES string of the molecule is CC(C)Oc1ccc(C(=O)N2CCC(c3nc(C(=O)Nc4cc(C(C)(C)C)on4)cs3)CC2)cc1. The Labute approximate surface area is 209 Å². The van der Waals surface area contributed by atoms with Crippen LogP contribution < -0.4 is 10.1 Å². The monoisotopic (exact) mass is 496 g/mol. The first-order valence-corrected chi connectivity index (χ1v) is 12.8. The highest BCUT2D eigenvalue weighted by molar-refractivity contribution is 7.10. The van der Waals surface area contributed by atoms with Crippen molar-refractivity contribution in [3.8, 4) is 5.75 Å². The zero-order valence-corrected chi connectivity index (χ0v) is 21.6. The van der Waals surface area contributed by atoms with E-state index in [4.69, 9.17) is 9.26 Å². The van der Waals surface area contributed by atoms with Gasteiger partial charge < -0.3 is 19.5 Å². The first-order valence-electron chi connectivity index (χ1n) is 11.9. The summed E-state index contributed by atoms with van der Waals surface area (Å²) in [6.07, 6.45) is 1.72. The van der Waals surface area contributed by atoms with Crippen molar-refractivity contribution < 1.29 is 18.8 Å². The third-order valence-electron chi connectivity index (χ3n) is 5.85. The first kappa shape index (κ1) is 24.9. The molecule has 1 fully saturated rings. The highest BCUT2D eigenvalue weighted by atomic mass is 32.1. The summed E-state index contributed by atoms with van der Waals surface area (Å²) in [5.41, 5.74) is 0.841. The standard InChI is InChI=1S/C26H32N4O4S/c1-16(2)33-19-8-6-18(7-9-19)25(32)30-12-10-17(11-13-30)24-27-20(15-35-24)23(31)28-22-14-21(34-29-22)26(3,4)5/h6-9,14-17H,10-13H2,1-5H3,(H,28,29,31). The molecule has 8 nitrogen and oxygen atoms in total. The van der Waals surface area contributed by atoms with Crippen LogP contribution in [0, 0.1) is 0 Å². The number of ether oxygens (including phenoxy) is 1. The molecular weight excluding hydrogens is 464 g/mol. The lowest BCUT2D eigenvalue weighted by Gasteiger charge is -2.31. The van der Waals surface area contributed by atoms with Crippen LogP contribution in [-0.4, -0.2) is 46.0 Å². The number of benzene rings is 1. The Bertz CT molecular complexity index is 1170. The summed E-state index contributed by atoms with van der Waals surface area (Å²) in [5.74, 6) is 1.79. The summed E-state index contributed by atoms with van der Waals surface area (Å²) in [6, 6.07) is 9.05. The van der Waals surface area contributed by atoms with Crippen molar-refractivity contribution in [2.45, 2.75) is 64.9 Å². The fourth-order valence-corrected chi connectivity index (χ4v) is 4.88. The van der Waals surface area contributed by atoms with Gasteiger partial charge in [0.05, 0.1) is 11.1 Å². The second kappa shape index (κ2) is 10.2. The number of aromatic nitrogens is 2. The van der Waals surface area contributed by atoms with Crippen molar-refractivity contribution in [3.63, 3.8) is 0 Å². The minimum absolute atomic E-state index is 0.0287. The van der Waals surface area contributed by atoms with Gasteiger partial charge in [-0.05, 0) is 51.0 Å². The van der Waals surface area contributed by atoms with Gasteiger partial charge in [-0.3, -0.25) is 9.59 Å². The number of hydrogen-bond donors (Lipinski definition) is 1. The molecule has 9 heteroatoms. The number of rotatable bonds is 6. The number of carbonyl (C=O) groups excluding carboxylic acids is 2. The Morgan fingerprint density at radius 2 is 1.86 bits per heavy atom. The molecule has 1 N–H and O–H groups in total. The third kappa shape index (κ3) is 6.08. The number of nitrogens with zero attached hydrogens (tertiary/aromatic N) is 3. The van der Waals surface area contributed by atoms with E-state index in [0.717, 1.165) is 23.6 Å². The number of amides is 2. The highest BCUT2D eigenvalue weighted by Crippen LogP contribution is 2.31. The predicted molar refractivity (Wildman–Crippen MR) is 135 cm³/mol. The summed E-state index contributed by atoms with van der Waals surface area (Å²) in [6.45, 7) is 11.3. The van der Waals surface area contributed by atoms with Gasteiger partial charge in [0, 0.05) is 41.4 Å². The zero-order valence-electron chi connectivity index (χ0n) is 20.8. The topological polar surface area (TPSA) is 97.6 Å². The summed E-state index contributed by atoms with van der Waals surface area (Å²) >= 11 is 1.48. The van der Waals surface area contributed by atoms with Gasteiger partial charge in [0.1, 0.15) is 17.2 Å². The van der Waals surface area contributed by atoms with Crippen LogP contribution in [0.2, 0.25) is 0 Å². The van der Waals surface area contributed by atoms with Gasteiger partial charge in [0.15, 0.2) is 5.82 Å². The average Bonchev–Trinajstić information content (AvgIpc) is 3.49. The van der Waals surface area contributed by atoms with Crippen LogP contribution in [0.3, 0.4) is 0 Å². The minimum Gasteiger partial charge on any atom is -0.491 e. The molecule has 2 aromatic heterocycles. The molecule has 0 aliphatic carbocycles. The maximum absolute atomic E-state index is 12.9. The molecule has 3 heterocycles. The molecule has 0 spiro atoms. The van der Waals surface area contributed by atoms with Gasteiger partial charge >= 0.3 is 0 Å². The highest BCUT2D eigenvalue weighted by Gasteiger charge is 2.27. The van der Waals surface area contributed by atoms with E-state index in [2.05, 4.69) is 15.5 Å². The van der Waals surface area contributed by atoms with Crippen LogP contribution in [0.15, 0.2) is 40.2 Å². The lowest BCUT2D eigenvalue weighted by atomic mass is 9.93. The fraction of sp³-hybridized carbons (Fsp3) is 0.462. The van der Waals surface area contributed by atoms with Gasteiger partial charge in [-0.1, -0.05) is 25.9 Å². The molecule has 1 aromatic carbocycles. The van der Waals surface area contributed by atoms with Crippen molar-refractivity contribution >= 4 is 29.0 Å². The molecule has 3 aromatic rings. The molecule has 0 bridgehead atoms. The lowest BCUT2D eigenvalue weighted by Crippen LogP contribution is -2.37. The lowest BCUT2D eigenvalue weighted by molar-refractivity contribution is 0.0713. The van der Waals surface area contributed by atoms with E-state index in [1.165, 1.54) is 11.3 Å². The van der Waals surface area contributed by atoms with Crippen LogP contribution in [0.25, 0.3) is 0 Å². The molecule has 0 atom stereocenters. The molecule has 2 amide bonds. The molecule has 0 radical (unpaired) electrons. The summed E-state index contributed by atoms with van der Waals surface area (Å²) in [5, 5.41) is 9.39. The maximum Gasteiger partial charge on any atom is 0.276 e. The average molecular weight is 497 g/mol. The van der Waals surface area contributed by atoms with E-state index >= 15 is 0 Å². The Morgan fingerprint density at radius 3 is 2.46 bits per heavy atom. The van der Waals surface area contributed by atoms with E-state index in [9.17, 15) is 9.59 Å². The van der Waals surface area contributed by atoms with Crippen LogP contribution in [-0.2, 0) is 5.41 Å². The number of nitrogens with one attached hydrogen (secondary N) is 1. The van der Waals surface area contributed by atoms with Gasteiger partial charge in [0.25, 0.3) is 11.8 Å². The van der Waals surface area contributed by atoms with Crippen LogP contribution in [0.1, 0.15) is 85.0 Å². The molecule has 1 aliphatic rings. The third-order valence-corrected chi connectivity index (χ3v) is 6.86. The number of carbonyl (C=O) groups is 2. The van der Waals surface area contributed by atoms with Crippen molar-refractivity contribution in [2.24, 2.45) is 0 Å². The van der Waals surface area contributed by atoms with E-state index < -0.39 is 0 Å². The zero-order chi connectivity index (χ0) is 25.2.